The summed E-state index contributed by atoms with van der Waals surface area (Å²) >= 11 is 0. The highest BCUT2D eigenvalue weighted by Crippen LogP contribution is 2.24. The maximum Gasteiger partial charge on any atom is 0.122 e. The number of hydrogen-bond acceptors (Lipinski definition) is 2. The molecule has 2 heteroatoms. The molecule has 112 valence electrons. The average molecular weight is 283 g/mol. The molecule has 0 heterocycles. The molecule has 2 aromatic rings. The van der Waals surface area contributed by atoms with Crippen LogP contribution in [0.1, 0.15) is 30.5 Å². The summed E-state index contributed by atoms with van der Waals surface area (Å²) in [7, 11) is 1.73. The minimum absolute atomic E-state index is 0.354. The molecule has 2 aromatic carbocycles. The Kier molecular flexibility index (Phi) is 5.26. The third-order valence-corrected chi connectivity index (χ3v) is 3.85. The summed E-state index contributed by atoms with van der Waals surface area (Å²) in [6, 6.07) is 15.1. The van der Waals surface area contributed by atoms with E-state index in [1.54, 1.807) is 7.11 Å². The fourth-order valence-corrected chi connectivity index (χ4v) is 2.73. The number of benzene rings is 2. The van der Waals surface area contributed by atoms with Crippen LogP contribution >= 0.6 is 0 Å². The van der Waals surface area contributed by atoms with Crippen LogP contribution in [0.3, 0.4) is 0 Å². The molecule has 0 spiro atoms. The van der Waals surface area contributed by atoms with Gasteiger partial charge in [0.15, 0.2) is 0 Å². The van der Waals surface area contributed by atoms with Crippen molar-refractivity contribution in [2.45, 2.75) is 39.7 Å². The monoisotopic (exact) mass is 283 g/mol. The third-order valence-electron chi connectivity index (χ3n) is 3.85. The number of aryl methyl sites for hydroxylation is 2. The van der Waals surface area contributed by atoms with Gasteiger partial charge in [-0.1, -0.05) is 43.3 Å². The van der Waals surface area contributed by atoms with Gasteiger partial charge in [0.25, 0.3) is 0 Å². The molecule has 2 rings (SSSR count). The summed E-state index contributed by atoms with van der Waals surface area (Å²) in [5.41, 5.74) is 5.21. The van der Waals surface area contributed by atoms with Gasteiger partial charge in [0.2, 0.25) is 0 Å². The van der Waals surface area contributed by atoms with E-state index in [2.05, 4.69) is 56.4 Å². The topological polar surface area (TPSA) is 21.3 Å². The lowest BCUT2D eigenvalue weighted by Gasteiger charge is -2.20. The van der Waals surface area contributed by atoms with Gasteiger partial charge in [-0.2, -0.15) is 0 Å². The highest BCUT2D eigenvalue weighted by molar-refractivity contribution is 5.58. The second-order valence-electron chi connectivity index (χ2n) is 5.52. The molecule has 1 N–H and O–H groups in total. The van der Waals surface area contributed by atoms with Crippen LogP contribution < -0.4 is 10.1 Å². The largest absolute Gasteiger partial charge is 0.496 e. The SMILES string of the molecule is CCc1cccc(C)c1NC(C)Cc1ccccc1OC. The molecule has 2 nitrogen and oxygen atoms in total. The van der Waals surface area contributed by atoms with Crippen LogP contribution in [0.15, 0.2) is 42.5 Å². The molecule has 0 aromatic heterocycles. The first-order valence-electron chi connectivity index (χ1n) is 7.62. The summed E-state index contributed by atoms with van der Waals surface area (Å²) in [6.07, 6.45) is 1.99. The summed E-state index contributed by atoms with van der Waals surface area (Å²) in [5.74, 6) is 0.964. The fourth-order valence-electron chi connectivity index (χ4n) is 2.73. The number of nitrogens with one attached hydrogen (secondary N) is 1. The van der Waals surface area contributed by atoms with Gasteiger partial charge in [-0.25, -0.2) is 0 Å². The van der Waals surface area contributed by atoms with E-state index in [0.29, 0.717) is 6.04 Å². The summed E-state index contributed by atoms with van der Waals surface area (Å²) in [6.45, 7) is 6.58. The minimum Gasteiger partial charge on any atom is -0.496 e. The minimum atomic E-state index is 0.354. The number of rotatable bonds is 6. The summed E-state index contributed by atoms with van der Waals surface area (Å²) in [4.78, 5) is 0. The maximum absolute atomic E-state index is 5.44. The molecule has 0 bridgehead atoms. The Bertz CT molecular complexity index is 592. The smallest absolute Gasteiger partial charge is 0.122 e. The molecule has 1 atom stereocenters. The van der Waals surface area contributed by atoms with Crippen LogP contribution in [0, 0.1) is 6.92 Å². The first-order valence-corrected chi connectivity index (χ1v) is 7.62. The zero-order chi connectivity index (χ0) is 15.2. The Hall–Kier alpha value is -1.96. The standard InChI is InChI=1S/C19H25NO/c1-5-16-11-8-9-14(2)19(16)20-15(3)13-17-10-6-7-12-18(17)21-4/h6-12,15,20H,5,13H2,1-4H3. The molecule has 1 unspecified atom stereocenters. The molecule has 0 saturated heterocycles. The van der Waals surface area contributed by atoms with Gasteiger partial charge in [-0.15, -0.1) is 0 Å². The van der Waals surface area contributed by atoms with E-state index in [9.17, 15) is 0 Å². The Morgan fingerprint density at radius 3 is 2.48 bits per heavy atom. The Morgan fingerprint density at radius 1 is 1.05 bits per heavy atom. The second-order valence-corrected chi connectivity index (χ2v) is 5.52. The highest BCUT2D eigenvalue weighted by atomic mass is 16.5. The Morgan fingerprint density at radius 2 is 1.76 bits per heavy atom. The van der Waals surface area contributed by atoms with Crippen LogP contribution in [-0.2, 0) is 12.8 Å². The van der Waals surface area contributed by atoms with Gasteiger partial charge in [-0.05, 0) is 49.4 Å². The van der Waals surface area contributed by atoms with Crippen molar-refractivity contribution in [1.29, 1.82) is 0 Å². The molecular weight excluding hydrogens is 258 g/mol. The van der Waals surface area contributed by atoms with E-state index in [1.807, 2.05) is 12.1 Å². The lowest BCUT2D eigenvalue weighted by Crippen LogP contribution is -2.20. The summed E-state index contributed by atoms with van der Waals surface area (Å²) in [5, 5.41) is 3.67. The number of para-hydroxylation sites is 2. The highest BCUT2D eigenvalue weighted by Gasteiger charge is 2.11. The quantitative estimate of drug-likeness (QED) is 0.836. The van der Waals surface area contributed by atoms with E-state index in [4.69, 9.17) is 4.74 Å². The van der Waals surface area contributed by atoms with E-state index in [1.165, 1.54) is 22.4 Å². The molecule has 0 aliphatic heterocycles. The Labute approximate surface area is 128 Å². The van der Waals surface area contributed by atoms with E-state index in [-0.39, 0.29) is 0 Å². The predicted octanol–water partition coefficient (Wildman–Crippen LogP) is 4.61. The number of hydrogen-bond donors (Lipinski definition) is 1. The maximum atomic E-state index is 5.44. The van der Waals surface area contributed by atoms with Crippen LogP contribution in [0.4, 0.5) is 5.69 Å². The van der Waals surface area contributed by atoms with Crippen molar-refractivity contribution in [2.24, 2.45) is 0 Å². The molecule has 21 heavy (non-hydrogen) atoms. The lowest BCUT2D eigenvalue weighted by atomic mass is 10.0. The fraction of sp³-hybridized carbons (Fsp3) is 0.368. The van der Waals surface area contributed by atoms with Gasteiger partial charge >= 0.3 is 0 Å². The zero-order valence-electron chi connectivity index (χ0n) is 13.4. The number of anilines is 1. The van der Waals surface area contributed by atoms with Crippen molar-refractivity contribution in [1.82, 2.24) is 0 Å². The average Bonchev–Trinajstić information content (AvgIpc) is 2.49. The number of methoxy groups -OCH3 is 1. The molecule has 0 aliphatic carbocycles. The van der Waals surface area contributed by atoms with Crippen molar-refractivity contribution in [3.8, 4) is 5.75 Å². The summed E-state index contributed by atoms with van der Waals surface area (Å²) < 4.78 is 5.44. The van der Waals surface area contributed by atoms with Crippen molar-refractivity contribution >= 4 is 5.69 Å². The molecule has 0 radical (unpaired) electrons. The molecule has 0 amide bonds. The number of ether oxygens (including phenoxy) is 1. The molecule has 0 saturated carbocycles. The zero-order valence-corrected chi connectivity index (χ0v) is 13.4. The van der Waals surface area contributed by atoms with E-state index < -0.39 is 0 Å². The van der Waals surface area contributed by atoms with Crippen LogP contribution in [-0.4, -0.2) is 13.2 Å². The van der Waals surface area contributed by atoms with Crippen molar-refractivity contribution in [2.75, 3.05) is 12.4 Å². The van der Waals surface area contributed by atoms with E-state index in [0.717, 1.165) is 18.6 Å². The molecule has 0 fully saturated rings. The molecule has 0 aliphatic rings. The van der Waals surface area contributed by atoms with Gasteiger partial charge in [0.05, 0.1) is 7.11 Å². The normalized spacial score (nSPS) is 12.0. The van der Waals surface area contributed by atoms with Crippen LogP contribution in [0.25, 0.3) is 0 Å². The van der Waals surface area contributed by atoms with Crippen molar-refractivity contribution < 1.29 is 4.74 Å². The van der Waals surface area contributed by atoms with Gasteiger partial charge in [0.1, 0.15) is 5.75 Å². The van der Waals surface area contributed by atoms with Crippen LogP contribution in [0.2, 0.25) is 0 Å². The van der Waals surface area contributed by atoms with Gasteiger partial charge in [-0.3, -0.25) is 0 Å². The predicted molar refractivity (Wildman–Crippen MR) is 90.3 cm³/mol. The Balaban J connectivity index is 2.14. The van der Waals surface area contributed by atoms with Gasteiger partial charge < -0.3 is 10.1 Å². The van der Waals surface area contributed by atoms with Crippen molar-refractivity contribution in [3.05, 3.63) is 59.2 Å². The van der Waals surface area contributed by atoms with E-state index >= 15 is 0 Å². The first kappa shape index (κ1) is 15.4. The van der Waals surface area contributed by atoms with Gasteiger partial charge in [0, 0.05) is 11.7 Å². The lowest BCUT2D eigenvalue weighted by molar-refractivity contribution is 0.409. The second kappa shape index (κ2) is 7.16. The molecular formula is C19H25NO. The third kappa shape index (κ3) is 3.78. The first-order chi connectivity index (χ1) is 10.2. The van der Waals surface area contributed by atoms with Crippen molar-refractivity contribution in [3.63, 3.8) is 0 Å². The van der Waals surface area contributed by atoms with Crippen LogP contribution in [0.5, 0.6) is 5.75 Å².